The summed E-state index contributed by atoms with van der Waals surface area (Å²) in [6.07, 6.45) is 11.0. The maximum absolute atomic E-state index is 15.0. The predicted molar refractivity (Wildman–Crippen MR) is 123 cm³/mol. The van der Waals surface area contributed by atoms with Crippen LogP contribution in [0.5, 0.6) is 0 Å². The largest absolute Gasteiger partial charge is 0.385 e. The van der Waals surface area contributed by atoms with Crippen LogP contribution in [0.2, 0.25) is 0 Å². The minimum Gasteiger partial charge on any atom is -0.385 e. The smallest absolute Gasteiger partial charge is 0.256 e. The third-order valence-electron chi connectivity index (χ3n) is 6.02. The van der Waals surface area contributed by atoms with Crippen LogP contribution in [0.4, 0.5) is 15.8 Å². The van der Waals surface area contributed by atoms with E-state index in [1.165, 1.54) is 6.07 Å². The SMILES string of the molecule is COCCCNN1N=NC12C=CC(C(=O)NC1CC1)(N1C=CNc3cccc(F)c31)C(Cl)=C2. The number of carbonyl (C=O) groups excluding carboxylic acids is 1. The highest BCUT2D eigenvalue weighted by atomic mass is 35.5. The van der Waals surface area contributed by atoms with Gasteiger partial charge in [-0.3, -0.25) is 4.79 Å². The van der Waals surface area contributed by atoms with Gasteiger partial charge >= 0.3 is 0 Å². The summed E-state index contributed by atoms with van der Waals surface area (Å²) in [6.45, 7) is 1.24. The fourth-order valence-electron chi connectivity index (χ4n) is 4.07. The van der Waals surface area contributed by atoms with Crippen LogP contribution in [0, 0.1) is 5.82 Å². The molecule has 1 fully saturated rings. The molecule has 2 heterocycles. The van der Waals surface area contributed by atoms with Gasteiger partial charge in [0.05, 0.1) is 10.7 Å². The van der Waals surface area contributed by atoms with Crippen molar-refractivity contribution in [3.63, 3.8) is 0 Å². The van der Waals surface area contributed by atoms with E-state index in [1.807, 2.05) is 0 Å². The number of halogens is 2. The normalized spacial score (nSPS) is 27.2. The number of hydrazine groups is 1. The lowest BCUT2D eigenvalue weighted by Gasteiger charge is -2.47. The third-order valence-corrected chi connectivity index (χ3v) is 6.42. The number of nitrogens with zero attached hydrogens (tertiary/aromatic N) is 4. The molecule has 0 saturated heterocycles. The van der Waals surface area contributed by atoms with Gasteiger partial charge in [-0.2, -0.15) is 5.12 Å². The molecule has 33 heavy (non-hydrogen) atoms. The standard InChI is InChI=1S/C22H25ClFN7O2/c1-33-13-3-10-26-31-21(28-29-31)8-9-22(18(23)14-21,20(32)27-15-6-7-15)30-12-11-25-17-5-2-4-16(24)19(17)30/h2,4-5,8-9,11-12,14-15,25-26H,3,6-7,10,13H2,1H3,(H,27,32). The Balaban J connectivity index is 1.50. The van der Waals surface area contributed by atoms with Crippen molar-refractivity contribution in [3.8, 4) is 0 Å². The molecule has 9 nitrogen and oxygen atoms in total. The second-order valence-electron chi connectivity index (χ2n) is 8.34. The highest BCUT2D eigenvalue weighted by Crippen LogP contribution is 2.46. The minimum absolute atomic E-state index is 0.0949. The first kappa shape index (κ1) is 21.9. The molecule has 1 amide bonds. The van der Waals surface area contributed by atoms with E-state index < -0.39 is 17.0 Å². The molecule has 0 bridgehead atoms. The molecular weight excluding hydrogens is 449 g/mol. The van der Waals surface area contributed by atoms with E-state index in [0.29, 0.717) is 18.8 Å². The molecule has 3 N–H and O–H groups in total. The summed E-state index contributed by atoms with van der Waals surface area (Å²) >= 11 is 6.89. The number of amides is 1. The van der Waals surface area contributed by atoms with Crippen LogP contribution in [-0.2, 0) is 9.53 Å². The van der Waals surface area contributed by atoms with E-state index in [9.17, 15) is 4.79 Å². The lowest BCUT2D eigenvalue weighted by atomic mass is 9.85. The van der Waals surface area contributed by atoms with Crippen molar-refractivity contribution in [2.45, 2.75) is 36.5 Å². The number of ether oxygens (including phenoxy) is 1. The highest BCUT2D eigenvalue weighted by molar-refractivity contribution is 6.34. The summed E-state index contributed by atoms with van der Waals surface area (Å²) < 4.78 is 20.1. The van der Waals surface area contributed by atoms with Crippen LogP contribution in [0.3, 0.4) is 0 Å². The third kappa shape index (κ3) is 3.68. The molecule has 2 atom stereocenters. The first-order valence-corrected chi connectivity index (χ1v) is 11.2. The predicted octanol–water partition coefficient (Wildman–Crippen LogP) is 3.16. The first-order valence-electron chi connectivity index (χ1n) is 10.9. The Morgan fingerprint density at radius 2 is 2.24 bits per heavy atom. The van der Waals surface area contributed by atoms with Crippen molar-refractivity contribution < 1.29 is 13.9 Å². The summed E-state index contributed by atoms with van der Waals surface area (Å²) in [4.78, 5) is 15.2. The molecule has 2 aliphatic heterocycles. The Morgan fingerprint density at radius 1 is 1.39 bits per heavy atom. The molecule has 0 radical (unpaired) electrons. The number of benzene rings is 1. The van der Waals surface area contributed by atoms with Gasteiger partial charge in [-0.1, -0.05) is 22.9 Å². The molecule has 1 spiro atoms. The number of hydrogen-bond acceptors (Lipinski definition) is 8. The molecule has 0 aromatic heterocycles. The maximum Gasteiger partial charge on any atom is 0.256 e. The van der Waals surface area contributed by atoms with E-state index in [-0.39, 0.29) is 22.7 Å². The molecule has 1 aromatic carbocycles. The highest BCUT2D eigenvalue weighted by Gasteiger charge is 2.54. The van der Waals surface area contributed by atoms with Crippen molar-refractivity contribution in [2.24, 2.45) is 10.3 Å². The zero-order chi connectivity index (χ0) is 23.1. The zero-order valence-corrected chi connectivity index (χ0v) is 18.8. The number of rotatable bonds is 8. The van der Waals surface area contributed by atoms with E-state index in [2.05, 4.69) is 26.4 Å². The van der Waals surface area contributed by atoms with Crippen LogP contribution < -0.4 is 21.0 Å². The Morgan fingerprint density at radius 3 is 2.94 bits per heavy atom. The Labute approximate surface area is 195 Å². The van der Waals surface area contributed by atoms with Crippen LogP contribution >= 0.6 is 11.6 Å². The fourth-order valence-corrected chi connectivity index (χ4v) is 4.47. The van der Waals surface area contributed by atoms with Gasteiger partial charge < -0.3 is 20.3 Å². The number of hydrogen-bond donors (Lipinski definition) is 3. The second kappa shape index (κ2) is 8.44. The van der Waals surface area contributed by atoms with Crippen molar-refractivity contribution in [3.05, 3.63) is 59.7 Å². The number of anilines is 2. The summed E-state index contributed by atoms with van der Waals surface area (Å²) in [6, 6.07) is 4.81. The van der Waals surface area contributed by atoms with Crippen LogP contribution in [0.25, 0.3) is 0 Å². The Kier molecular flexibility index (Phi) is 5.59. The van der Waals surface area contributed by atoms with Crippen LogP contribution in [-0.4, -0.2) is 48.5 Å². The zero-order valence-electron chi connectivity index (χ0n) is 18.1. The van der Waals surface area contributed by atoms with Gasteiger partial charge in [-0.05, 0) is 49.6 Å². The summed E-state index contributed by atoms with van der Waals surface area (Å²) in [5, 5.41) is 16.2. The molecule has 174 valence electrons. The number of nitrogens with one attached hydrogen (secondary N) is 3. The van der Waals surface area contributed by atoms with E-state index in [4.69, 9.17) is 16.3 Å². The van der Waals surface area contributed by atoms with Crippen molar-refractivity contribution in [1.82, 2.24) is 15.9 Å². The first-order chi connectivity index (χ1) is 16.0. The monoisotopic (exact) mass is 473 g/mol. The number of carbonyl (C=O) groups is 1. The summed E-state index contributed by atoms with van der Waals surface area (Å²) in [7, 11) is 1.65. The quantitative estimate of drug-likeness (QED) is 0.396. The Bertz CT molecular complexity index is 1070. The maximum atomic E-state index is 15.0. The van der Waals surface area contributed by atoms with Gasteiger partial charge in [0.1, 0.15) is 11.5 Å². The lowest BCUT2D eigenvalue weighted by Crippen LogP contribution is -2.62. The topological polar surface area (TPSA) is 93.6 Å². The lowest BCUT2D eigenvalue weighted by molar-refractivity contribution is -0.123. The van der Waals surface area contributed by atoms with E-state index in [1.54, 1.807) is 59.9 Å². The second-order valence-corrected chi connectivity index (χ2v) is 8.75. The number of methoxy groups -OCH3 is 1. The average Bonchev–Trinajstić information content (AvgIpc) is 3.62. The molecule has 1 aromatic rings. The van der Waals surface area contributed by atoms with E-state index >= 15 is 4.39 Å². The fraction of sp³-hybridized carbons (Fsp3) is 0.409. The van der Waals surface area contributed by atoms with Gasteiger partial charge in [0.25, 0.3) is 5.91 Å². The average molecular weight is 474 g/mol. The summed E-state index contributed by atoms with van der Waals surface area (Å²) in [5.41, 5.74) is 1.53. The van der Waals surface area contributed by atoms with Crippen molar-refractivity contribution in [1.29, 1.82) is 0 Å². The van der Waals surface area contributed by atoms with Gasteiger partial charge in [-0.25, -0.2) is 9.82 Å². The molecule has 4 aliphatic rings. The number of para-hydroxylation sites is 1. The Hall–Kier alpha value is -2.95. The molecule has 2 unspecified atom stereocenters. The van der Waals surface area contributed by atoms with Gasteiger partial charge in [0.15, 0.2) is 5.54 Å². The molecule has 1 saturated carbocycles. The van der Waals surface area contributed by atoms with Gasteiger partial charge in [-0.15, -0.1) is 5.11 Å². The van der Waals surface area contributed by atoms with Crippen LogP contribution in [0.1, 0.15) is 19.3 Å². The number of fused-ring (bicyclic) bond motifs is 1. The van der Waals surface area contributed by atoms with Gasteiger partial charge in [0.2, 0.25) is 5.66 Å². The van der Waals surface area contributed by atoms with Crippen LogP contribution in [0.15, 0.2) is 64.2 Å². The molecule has 2 aliphatic carbocycles. The van der Waals surface area contributed by atoms with Crippen molar-refractivity contribution >= 4 is 28.9 Å². The minimum atomic E-state index is -1.47. The van der Waals surface area contributed by atoms with Gasteiger partial charge in [0, 0.05) is 38.7 Å². The van der Waals surface area contributed by atoms with E-state index in [0.717, 1.165) is 19.3 Å². The summed E-state index contributed by atoms with van der Waals surface area (Å²) in [5.74, 6) is -0.792. The molecular formula is C22H25ClFN7O2. The molecule has 11 heteroatoms. The van der Waals surface area contributed by atoms with Crippen molar-refractivity contribution in [2.75, 3.05) is 30.5 Å². The molecule has 5 rings (SSSR count).